The van der Waals surface area contributed by atoms with Crippen LogP contribution in [-0.4, -0.2) is 26.2 Å². The van der Waals surface area contributed by atoms with Crippen molar-refractivity contribution in [3.63, 3.8) is 0 Å². The van der Waals surface area contributed by atoms with E-state index in [1.165, 1.54) is 52.7 Å². The first-order valence-corrected chi connectivity index (χ1v) is 9.80. The number of hydrogen-bond donors (Lipinski definition) is 0. The van der Waals surface area contributed by atoms with Crippen molar-refractivity contribution in [1.82, 2.24) is 0 Å². The lowest BCUT2D eigenvalue weighted by molar-refractivity contribution is -0.185. The van der Waals surface area contributed by atoms with Crippen molar-refractivity contribution in [3.05, 3.63) is 0 Å². The molecule has 7 fully saturated rings. The lowest BCUT2D eigenvalue weighted by atomic mass is 9.53. The molecule has 0 amide bonds. The van der Waals surface area contributed by atoms with E-state index in [1.54, 1.807) is 0 Å². The summed E-state index contributed by atoms with van der Waals surface area (Å²) >= 11 is 0. The van der Waals surface area contributed by atoms with Gasteiger partial charge < -0.3 is 9.47 Å². The predicted molar refractivity (Wildman–Crippen MR) is 84.8 cm³/mol. The molecule has 7 rings (SSSR count). The van der Waals surface area contributed by atoms with Crippen LogP contribution in [0.5, 0.6) is 0 Å². The van der Waals surface area contributed by atoms with Gasteiger partial charge in [-0.15, -0.1) is 0 Å². The van der Waals surface area contributed by atoms with Crippen LogP contribution in [0, 0.1) is 32.5 Å². The Bertz CT molecular complexity index is 600. The quantitative estimate of drug-likeness (QED) is 0.730. The minimum atomic E-state index is -0.524. The molecule has 4 spiro atoms. The van der Waals surface area contributed by atoms with E-state index in [0.717, 1.165) is 25.7 Å². The maximum absolute atomic E-state index is 13.1. The minimum absolute atomic E-state index is 0.0785. The normalized spacial score (nSPS) is 60.6. The number of carbonyl (C=O) groups excluding carboxylic acids is 2. The van der Waals surface area contributed by atoms with Crippen molar-refractivity contribution in [3.8, 4) is 0 Å². The fourth-order valence-electron chi connectivity index (χ4n) is 10.9. The first-order valence-electron chi connectivity index (χ1n) is 9.80. The van der Waals surface area contributed by atoms with Gasteiger partial charge in [0.15, 0.2) is 0 Å². The Hall–Kier alpha value is -1.06. The molecule has 0 bridgehead atoms. The number of ether oxygens (including phenoxy) is 2. The van der Waals surface area contributed by atoms with E-state index in [2.05, 4.69) is 0 Å². The highest BCUT2D eigenvalue weighted by Crippen LogP contribution is 3.35. The van der Waals surface area contributed by atoms with Crippen LogP contribution < -0.4 is 0 Å². The smallest absolute Gasteiger partial charge is 0.314 e. The summed E-state index contributed by atoms with van der Waals surface area (Å²) in [7, 11) is 3.01. The second-order valence-electron chi connectivity index (χ2n) is 9.23. The van der Waals surface area contributed by atoms with E-state index in [1.807, 2.05) is 0 Å². The predicted octanol–water partition coefficient (Wildman–Crippen LogP) is 3.23. The summed E-state index contributed by atoms with van der Waals surface area (Å²) < 4.78 is 10.7. The van der Waals surface area contributed by atoms with Crippen LogP contribution in [0.1, 0.15) is 64.2 Å². The zero-order valence-electron chi connectivity index (χ0n) is 14.7. The Morgan fingerprint density at radius 1 is 0.583 bits per heavy atom. The van der Waals surface area contributed by atoms with Gasteiger partial charge in [-0.3, -0.25) is 9.59 Å². The van der Waals surface area contributed by atoms with E-state index in [0.29, 0.717) is 0 Å². The van der Waals surface area contributed by atoms with Crippen molar-refractivity contribution < 1.29 is 19.1 Å². The molecule has 24 heavy (non-hydrogen) atoms. The van der Waals surface area contributed by atoms with Crippen LogP contribution in [0.15, 0.2) is 0 Å². The molecule has 0 unspecified atom stereocenters. The molecule has 0 aromatic heterocycles. The largest absolute Gasteiger partial charge is 0.469 e. The summed E-state index contributed by atoms with van der Waals surface area (Å²) in [6, 6.07) is 0. The molecule has 4 nitrogen and oxygen atoms in total. The second kappa shape index (κ2) is 3.43. The van der Waals surface area contributed by atoms with Crippen molar-refractivity contribution >= 4 is 11.9 Å². The molecule has 7 aliphatic carbocycles. The lowest BCUT2D eigenvalue weighted by Crippen LogP contribution is -2.56. The van der Waals surface area contributed by atoms with Gasteiger partial charge in [-0.25, -0.2) is 0 Å². The van der Waals surface area contributed by atoms with E-state index < -0.39 is 10.8 Å². The maximum atomic E-state index is 13.1. The van der Waals surface area contributed by atoms with Crippen LogP contribution in [-0.2, 0) is 19.1 Å². The van der Waals surface area contributed by atoms with Crippen LogP contribution in [0.25, 0.3) is 0 Å². The van der Waals surface area contributed by atoms with Crippen molar-refractivity contribution in [2.75, 3.05) is 14.2 Å². The van der Waals surface area contributed by atoms with E-state index in [-0.39, 0.29) is 33.6 Å². The Morgan fingerprint density at radius 3 is 1.12 bits per heavy atom. The summed E-state index contributed by atoms with van der Waals surface area (Å²) in [6.07, 6.45) is 11.8. The Labute approximate surface area is 142 Å². The molecule has 0 radical (unpaired) electrons. The van der Waals surface area contributed by atoms with Crippen LogP contribution >= 0.6 is 0 Å². The number of hydrogen-bond acceptors (Lipinski definition) is 4. The number of carbonyl (C=O) groups is 2. The third-order valence-corrected chi connectivity index (χ3v) is 10.1. The molecule has 0 heterocycles. The van der Waals surface area contributed by atoms with E-state index >= 15 is 0 Å². The summed E-state index contributed by atoms with van der Waals surface area (Å²) in [6.45, 7) is 0. The SMILES string of the molecule is COC(=O)C12C34CCCCCC35C3(CCCCCC431)C52C(=O)OC. The van der Waals surface area contributed by atoms with E-state index in [4.69, 9.17) is 9.47 Å². The molecule has 0 atom stereocenters. The van der Waals surface area contributed by atoms with Crippen molar-refractivity contribution in [2.24, 2.45) is 32.5 Å². The van der Waals surface area contributed by atoms with Gasteiger partial charge >= 0.3 is 11.9 Å². The molecule has 0 aromatic carbocycles. The average molecular weight is 330 g/mol. The second-order valence-corrected chi connectivity index (χ2v) is 9.23. The molecule has 0 aliphatic heterocycles. The van der Waals surface area contributed by atoms with Gasteiger partial charge in [0.25, 0.3) is 0 Å². The minimum Gasteiger partial charge on any atom is -0.469 e. The van der Waals surface area contributed by atoms with Gasteiger partial charge in [0.2, 0.25) is 0 Å². The Morgan fingerprint density at radius 2 is 0.875 bits per heavy atom. The fourth-order valence-corrected chi connectivity index (χ4v) is 10.9. The zero-order valence-corrected chi connectivity index (χ0v) is 14.7. The van der Waals surface area contributed by atoms with E-state index in [9.17, 15) is 9.59 Å². The molecular formula is C20H26O4. The zero-order chi connectivity index (χ0) is 16.6. The molecular weight excluding hydrogens is 304 g/mol. The highest BCUT2D eigenvalue weighted by Gasteiger charge is 3.39. The summed E-state index contributed by atoms with van der Waals surface area (Å²) in [5.41, 5.74) is -0.735. The number of esters is 2. The third-order valence-electron chi connectivity index (χ3n) is 10.1. The molecule has 0 aromatic rings. The average Bonchev–Trinajstić information content (AvgIpc) is 3.26. The summed E-state index contributed by atoms with van der Waals surface area (Å²) in [5, 5.41) is 0. The van der Waals surface area contributed by atoms with Gasteiger partial charge in [0.1, 0.15) is 0 Å². The molecule has 4 heteroatoms. The van der Waals surface area contributed by atoms with Crippen molar-refractivity contribution in [1.29, 1.82) is 0 Å². The Balaban J connectivity index is 1.63. The number of rotatable bonds is 2. The third kappa shape index (κ3) is 0.664. The molecule has 7 aliphatic rings. The van der Waals surface area contributed by atoms with Gasteiger partial charge in [-0.05, 0) is 25.7 Å². The molecule has 7 saturated carbocycles. The van der Waals surface area contributed by atoms with Crippen LogP contribution in [0.2, 0.25) is 0 Å². The highest BCUT2D eigenvalue weighted by atomic mass is 16.5. The molecule has 130 valence electrons. The Kier molecular flexibility index (Phi) is 2.02. The number of methoxy groups -OCH3 is 2. The van der Waals surface area contributed by atoms with Gasteiger partial charge in [-0.2, -0.15) is 0 Å². The van der Waals surface area contributed by atoms with Crippen LogP contribution in [0.3, 0.4) is 0 Å². The molecule has 0 saturated heterocycles. The van der Waals surface area contributed by atoms with Crippen molar-refractivity contribution in [2.45, 2.75) is 64.2 Å². The highest BCUT2D eigenvalue weighted by molar-refractivity contribution is 6.12. The first kappa shape index (κ1) is 14.1. The lowest BCUT2D eigenvalue weighted by Gasteiger charge is -2.49. The summed E-state index contributed by atoms with van der Waals surface area (Å²) in [5.74, 6) is -0.194. The maximum Gasteiger partial charge on any atom is 0.314 e. The van der Waals surface area contributed by atoms with Gasteiger partial charge in [0, 0.05) is 21.7 Å². The van der Waals surface area contributed by atoms with Crippen LogP contribution in [0.4, 0.5) is 0 Å². The van der Waals surface area contributed by atoms with Gasteiger partial charge in [-0.1, -0.05) is 38.5 Å². The summed E-state index contributed by atoms with van der Waals surface area (Å²) in [4.78, 5) is 26.2. The van der Waals surface area contributed by atoms with Gasteiger partial charge in [0.05, 0.1) is 25.0 Å². The standard InChI is InChI=1S/C20H26O4/c1-23-13(21)19-15-9-5-3-7-11-17(15)18(20(17,19)14(22)24-2)12-8-4-6-10-16(15,18)19/h3-12H2,1-2H3. The molecule has 0 N–H and O–H groups in total. The first-order chi connectivity index (χ1) is 11.6. The topological polar surface area (TPSA) is 52.6 Å². The monoisotopic (exact) mass is 330 g/mol. The fraction of sp³-hybridized carbons (Fsp3) is 0.900.